The lowest BCUT2D eigenvalue weighted by Crippen LogP contribution is -2.42. The van der Waals surface area contributed by atoms with Gasteiger partial charge in [0.25, 0.3) is 0 Å². The third kappa shape index (κ3) is 5.18. The lowest BCUT2D eigenvalue weighted by atomic mass is 9.98. The minimum absolute atomic E-state index is 0.348. The Morgan fingerprint density at radius 1 is 1.53 bits per heavy atom. The lowest BCUT2D eigenvalue weighted by molar-refractivity contribution is 0.412. The van der Waals surface area contributed by atoms with Crippen molar-refractivity contribution in [1.82, 2.24) is 5.32 Å². The number of nitrogens with zero attached hydrogens (tertiary/aromatic N) is 1. The Morgan fingerprint density at radius 2 is 2.32 bits per heavy atom. The molecule has 1 atom stereocenters. The number of hydrogen-bond acceptors (Lipinski definition) is 3. The molecule has 1 fully saturated rings. The highest BCUT2D eigenvalue weighted by Crippen LogP contribution is 2.26. The standard InChI is InChI=1S/C15H19BrN2S/c1-15(11-17,18-13-6-7-13)8-3-9-19-14-5-2-4-12(16)10-14/h2,4-5,10,13,18H,3,6-9H2,1H3. The number of hydrogen-bond donors (Lipinski definition) is 1. The van der Waals surface area contributed by atoms with Crippen LogP contribution in [0, 0.1) is 11.3 Å². The zero-order chi connectivity index (χ0) is 13.7. The van der Waals surface area contributed by atoms with E-state index in [-0.39, 0.29) is 5.54 Å². The van der Waals surface area contributed by atoms with Gasteiger partial charge in [-0.2, -0.15) is 5.26 Å². The summed E-state index contributed by atoms with van der Waals surface area (Å²) in [6.45, 7) is 2.02. The van der Waals surface area contributed by atoms with Gasteiger partial charge in [-0.25, -0.2) is 0 Å². The molecule has 0 amide bonds. The second-order valence-electron chi connectivity index (χ2n) is 5.27. The van der Waals surface area contributed by atoms with E-state index >= 15 is 0 Å². The van der Waals surface area contributed by atoms with Gasteiger partial charge in [0.2, 0.25) is 0 Å². The molecule has 2 rings (SSSR count). The van der Waals surface area contributed by atoms with E-state index in [1.54, 1.807) is 0 Å². The van der Waals surface area contributed by atoms with Crippen molar-refractivity contribution < 1.29 is 0 Å². The fraction of sp³-hybridized carbons (Fsp3) is 0.533. The van der Waals surface area contributed by atoms with Crippen molar-refractivity contribution in [1.29, 1.82) is 5.26 Å². The highest BCUT2D eigenvalue weighted by atomic mass is 79.9. The molecule has 1 aromatic carbocycles. The van der Waals surface area contributed by atoms with E-state index in [2.05, 4.69) is 45.5 Å². The predicted octanol–water partition coefficient (Wildman–Crippen LogP) is 4.36. The van der Waals surface area contributed by atoms with Crippen LogP contribution in [-0.4, -0.2) is 17.3 Å². The summed E-state index contributed by atoms with van der Waals surface area (Å²) < 4.78 is 1.12. The number of halogens is 1. The molecule has 0 aliphatic heterocycles. The van der Waals surface area contributed by atoms with Crippen LogP contribution in [-0.2, 0) is 0 Å². The van der Waals surface area contributed by atoms with Crippen LogP contribution in [0.5, 0.6) is 0 Å². The Labute approximate surface area is 128 Å². The van der Waals surface area contributed by atoms with Crippen LogP contribution in [0.25, 0.3) is 0 Å². The normalized spacial score (nSPS) is 17.7. The van der Waals surface area contributed by atoms with Crippen LogP contribution in [0.2, 0.25) is 0 Å². The third-order valence-electron chi connectivity index (χ3n) is 3.23. The second kappa shape index (κ2) is 6.78. The fourth-order valence-electron chi connectivity index (χ4n) is 2.01. The molecule has 1 N–H and O–H groups in total. The van der Waals surface area contributed by atoms with Crippen molar-refractivity contribution in [2.45, 2.75) is 49.1 Å². The first-order valence-electron chi connectivity index (χ1n) is 6.69. The number of benzene rings is 1. The van der Waals surface area contributed by atoms with Gasteiger partial charge >= 0.3 is 0 Å². The van der Waals surface area contributed by atoms with Gasteiger partial charge in [-0.05, 0) is 56.6 Å². The van der Waals surface area contributed by atoms with Crippen molar-refractivity contribution in [3.8, 4) is 6.07 Å². The Balaban J connectivity index is 1.72. The minimum Gasteiger partial charge on any atom is -0.297 e. The van der Waals surface area contributed by atoms with E-state index in [9.17, 15) is 5.26 Å². The molecule has 0 radical (unpaired) electrons. The topological polar surface area (TPSA) is 35.8 Å². The highest BCUT2D eigenvalue weighted by molar-refractivity contribution is 9.10. The van der Waals surface area contributed by atoms with Gasteiger partial charge in [0.05, 0.1) is 6.07 Å². The molecule has 1 aliphatic rings. The molecule has 0 aromatic heterocycles. The minimum atomic E-state index is -0.348. The monoisotopic (exact) mass is 338 g/mol. The average Bonchev–Trinajstić information content (AvgIpc) is 3.19. The van der Waals surface area contributed by atoms with Crippen molar-refractivity contribution in [3.63, 3.8) is 0 Å². The number of nitrogens with one attached hydrogen (secondary N) is 1. The Bertz CT molecular complexity index is 467. The number of nitriles is 1. The van der Waals surface area contributed by atoms with E-state index in [0.29, 0.717) is 6.04 Å². The van der Waals surface area contributed by atoms with Gasteiger partial charge in [0, 0.05) is 15.4 Å². The third-order valence-corrected chi connectivity index (χ3v) is 4.81. The molecule has 0 bridgehead atoms. The zero-order valence-corrected chi connectivity index (χ0v) is 13.6. The van der Waals surface area contributed by atoms with Crippen LogP contribution in [0.3, 0.4) is 0 Å². The van der Waals surface area contributed by atoms with Gasteiger partial charge in [-0.3, -0.25) is 5.32 Å². The molecule has 0 saturated heterocycles. The van der Waals surface area contributed by atoms with Gasteiger partial charge in [-0.15, -0.1) is 11.8 Å². The molecule has 4 heteroatoms. The summed E-state index contributed by atoms with van der Waals surface area (Å²) in [5.41, 5.74) is -0.348. The summed E-state index contributed by atoms with van der Waals surface area (Å²) in [5, 5.41) is 12.7. The quantitative estimate of drug-likeness (QED) is 0.592. The largest absolute Gasteiger partial charge is 0.297 e. The van der Waals surface area contributed by atoms with E-state index in [1.165, 1.54) is 17.7 Å². The summed E-state index contributed by atoms with van der Waals surface area (Å²) in [6, 6.07) is 11.4. The van der Waals surface area contributed by atoms with E-state index in [1.807, 2.05) is 24.8 Å². The summed E-state index contributed by atoms with van der Waals surface area (Å²) in [4.78, 5) is 1.28. The molecule has 2 nitrogen and oxygen atoms in total. The molecule has 1 saturated carbocycles. The van der Waals surface area contributed by atoms with Gasteiger partial charge in [0.1, 0.15) is 5.54 Å². The predicted molar refractivity (Wildman–Crippen MR) is 84.3 cm³/mol. The first-order valence-corrected chi connectivity index (χ1v) is 8.46. The molecule has 19 heavy (non-hydrogen) atoms. The molecule has 1 aliphatic carbocycles. The van der Waals surface area contributed by atoms with E-state index in [0.717, 1.165) is 23.1 Å². The maximum atomic E-state index is 9.29. The first kappa shape index (κ1) is 14.9. The summed E-state index contributed by atoms with van der Waals surface area (Å²) in [5.74, 6) is 1.06. The van der Waals surface area contributed by atoms with Crippen LogP contribution in [0.15, 0.2) is 33.6 Å². The van der Waals surface area contributed by atoms with Crippen molar-refractivity contribution in [2.24, 2.45) is 0 Å². The fourth-order valence-corrected chi connectivity index (χ4v) is 3.47. The lowest BCUT2D eigenvalue weighted by Gasteiger charge is -2.23. The average molecular weight is 339 g/mol. The Kier molecular flexibility index (Phi) is 5.32. The maximum Gasteiger partial charge on any atom is 0.104 e. The molecule has 102 valence electrons. The molecule has 1 unspecified atom stereocenters. The van der Waals surface area contributed by atoms with Crippen LogP contribution >= 0.6 is 27.7 Å². The summed E-state index contributed by atoms with van der Waals surface area (Å²) >= 11 is 5.33. The van der Waals surface area contributed by atoms with Gasteiger partial charge in [-0.1, -0.05) is 22.0 Å². The number of thioether (sulfide) groups is 1. The molecular formula is C15H19BrN2S. The van der Waals surface area contributed by atoms with Gasteiger partial charge in [0.15, 0.2) is 0 Å². The molecule has 1 aromatic rings. The second-order valence-corrected chi connectivity index (χ2v) is 7.36. The number of rotatable bonds is 7. The van der Waals surface area contributed by atoms with Gasteiger partial charge < -0.3 is 0 Å². The molecule has 0 spiro atoms. The smallest absolute Gasteiger partial charge is 0.104 e. The summed E-state index contributed by atoms with van der Waals surface area (Å²) in [7, 11) is 0. The van der Waals surface area contributed by atoms with E-state index in [4.69, 9.17) is 0 Å². The Morgan fingerprint density at radius 3 is 2.95 bits per heavy atom. The summed E-state index contributed by atoms with van der Waals surface area (Å²) in [6.07, 6.45) is 4.43. The molecule has 0 heterocycles. The molecular weight excluding hydrogens is 320 g/mol. The van der Waals surface area contributed by atoms with Crippen molar-refractivity contribution >= 4 is 27.7 Å². The van der Waals surface area contributed by atoms with Crippen LogP contribution < -0.4 is 5.32 Å². The highest BCUT2D eigenvalue weighted by Gasteiger charge is 2.31. The SMILES string of the molecule is CC(C#N)(CCCSc1cccc(Br)c1)NC1CC1. The van der Waals surface area contributed by atoms with E-state index < -0.39 is 0 Å². The maximum absolute atomic E-state index is 9.29. The van der Waals surface area contributed by atoms with Crippen molar-refractivity contribution in [2.75, 3.05) is 5.75 Å². The zero-order valence-electron chi connectivity index (χ0n) is 11.2. The first-order chi connectivity index (χ1) is 9.11. The van der Waals surface area contributed by atoms with Crippen LogP contribution in [0.1, 0.15) is 32.6 Å². The van der Waals surface area contributed by atoms with Crippen LogP contribution in [0.4, 0.5) is 0 Å². The van der Waals surface area contributed by atoms with Crippen molar-refractivity contribution in [3.05, 3.63) is 28.7 Å². The Hall–Kier alpha value is -0.500.